The van der Waals surface area contributed by atoms with Gasteiger partial charge in [-0.3, -0.25) is 9.69 Å². The van der Waals surface area contributed by atoms with Gasteiger partial charge in [0.15, 0.2) is 0 Å². The van der Waals surface area contributed by atoms with E-state index in [1.807, 2.05) is 0 Å². The number of carbonyl (C=O) groups is 1. The van der Waals surface area contributed by atoms with Crippen LogP contribution in [0.4, 0.5) is 0 Å². The molecule has 1 aromatic rings. The molecule has 0 atom stereocenters. The predicted octanol–water partition coefficient (Wildman–Crippen LogP) is 1.67. The first-order valence-electron chi connectivity index (χ1n) is 6.78. The first-order chi connectivity index (χ1) is 9.15. The van der Waals surface area contributed by atoms with Crippen LogP contribution in [-0.2, 0) is 16.1 Å². The van der Waals surface area contributed by atoms with Crippen LogP contribution in [-0.4, -0.2) is 43.7 Å². The number of hydrogen-bond acceptors (Lipinski definition) is 3. The molecule has 0 radical (unpaired) electrons. The van der Waals surface area contributed by atoms with Crippen LogP contribution >= 0.6 is 12.4 Å². The normalized spacial score (nSPS) is 15.5. The highest BCUT2D eigenvalue weighted by molar-refractivity contribution is 5.85. The summed E-state index contributed by atoms with van der Waals surface area (Å²) in [6, 6.07) is 6.31. The minimum Gasteiger partial charge on any atom is -0.379 e. The van der Waals surface area contributed by atoms with Gasteiger partial charge < -0.3 is 10.1 Å². The van der Waals surface area contributed by atoms with Crippen molar-refractivity contribution in [3.05, 3.63) is 34.9 Å². The van der Waals surface area contributed by atoms with Crippen molar-refractivity contribution in [2.45, 2.75) is 20.4 Å². The third-order valence-corrected chi connectivity index (χ3v) is 3.45. The minimum atomic E-state index is 0. The third-order valence-electron chi connectivity index (χ3n) is 3.45. The van der Waals surface area contributed by atoms with Gasteiger partial charge in [0.2, 0.25) is 5.91 Å². The summed E-state index contributed by atoms with van der Waals surface area (Å²) in [7, 11) is 0. The molecule has 0 aromatic heterocycles. The fourth-order valence-electron chi connectivity index (χ4n) is 2.26. The quantitative estimate of drug-likeness (QED) is 0.919. The number of halogens is 1. The Labute approximate surface area is 126 Å². The molecule has 1 fully saturated rings. The molecule has 0 bridgehead atoms. The molecular weight excluding hydrogens is 276 g/mol. The molecule has 5 heteroatoms. The second-order valence-electron chi connectivity index (χ2n) is 5.10. The summed E-state index contributed by atoms with van der Waals surface area (Å²) in [6.07, 6.45) is 0. The van der Waals surface area contributed by atoms with Gasteiger partial charge >= 0.3 is 0 Å². The van der Waals surface area contributed by atoms with E-state index >= 15 is 0 Å². The fraction of sp³-hybridized carbons (Fsp3) is 0.533. The molecule has 0 unspecified atom stereocenters. The van der Waals surface area contributed by atoms with Gasteiger partial charge in [0, 0.05) is 19.6 Å². The smallest absolute Gasteiger partial charge is 0.234 e. The highest BCUT2D eigenvalue weighted by Crippen LogP contribution is 2.10. The standard InChI is InChI=1S/C15H22N2O2.ClH/c1-12-3-4-14(13(2)9-12)10-16-15(18)11-17-5-7-19-8-6-17;/h3-4,9H,5-8,10-11H2,1-2H3,(H,16,18);1H. The Morgan fingerprint density at radius 1 is 1.30 bits per heavy atom. The van der Waals surface area contributed by atoms with Crippen molar-refractivity contribution in [1.82, 2.24) is 10.2 Å². The van der Waals surface area contributed by atoms with Gasteiger partial charge in [-0.2, -0.15) is 0 Å². The summed E-state index contributed by atoms with van der Waals surface area (Å²) in [5.41, 5.74) is 3.66. The molecule has 1 amide bonds. The number of nitrogens with zero attached hydrogens (tertiary/aromatic N) is 1. The summed E-state index contributed by atoms with van der Waals surface area (Å²) in [5, 5.41) is 2.99. The minimum absolute atomic E-state index is 0. The maximum absolute atomic E-state index is 11.9. The van der Waals surface area contributed by atoms with E-state index < -0.39 is 0 Å². The van der Waals surface area contributed by atoms with Crippen LogP contribution in [0.1, 0.15) is 16.7 Å². The van der Waals surface area contributed by atoms with E-state index in [9.17, 15) is 4.79 Å². The van der Waals surface area contributed by atoms with Crippen LogP contribution in [0.15, 0.2) is 18.2 Å². The molecule has 1 aromatic carbocycles. The average Bonchev–Trinajstić information content (AvgIpc) is 2.39. The molecule has 20 heavy (non-hydrogen) atoms. The molecule has 0 spiro atoms. The van der Waals surface area contributed by atoms with Crippen LogP contribution in [0.2, 0.25) is 0 Å². The Morgan fingerprint density at radius 3 is 2.65 bits per heavy atom. The number of hydrogen-bond donors (Lipinski definition) is 1. The van der Waals surface area contributed by atoms with Crippen LogP contribution in [0.25, 0.3) is 0 Å². The van der Waals surface area contributed by atoms with Gasteiger partial charge in [0.05, 0.1) is 19.8 Å². The number of aryl methyl sites for hydroxylation is 2. The van der Waals surface area contributed by atoms with Crippen molar-refractivity contribution >= 4 is 18.3 Å². The van der Waals surface area contributed by atoms with Gasteiger partial charge in [-0.1, -0.05) is 23.8 Å². The van der Waals surface area contributed by atoms with Crippen molar-refractivity contribution in [3.8, 4) is 0 Å². The highest BCUT2D eigenvalue weighted by Gasteiger charge is 2.13. The Kier molecular flexibility index (Phi) is 6.99. The topological polar surface area (TPSA) is 41.6 Å². The van der Waals surface area contributed by atoms with Crippen LogP contribution < -0.4 is 5.32 Å². The Bertz CT molecular complexity index is 445. The SMILES string of the molecule is Cc1ccc(CNC(=O)CN2CCOCC2)c(C)c1.Cl. The van der Waals surface area contributed by atoms with Crippen molar-refractivity contribution in [3.63, 3.8) is 0 Å². The van der Waals surface area contributed by atoms with Crippen LogP contribution in [0.3, 0.4) is 0 Å². The lowest BCUT2D eigenvalue weighted by atomic mass is 10.1. The number of ether oxygens (including phenoxy) is 1. The Morgan fingerprint density at radius 2 is 2.00 bits per heavy atom. The van der Waals surface area contributed by atoms with E-state index in [2.05, 4.69) is 42.3 Å². The number of amides is 1. The van der Waals surface area contributed by atoms with E-state index in [0.29, 0.717) is 13.1 Å². The maximum Gasteiger partial charge on any atom is 0.234 e. The van der Waals surface area contributed by atoms with E-state index in [1.54, 1.807) is 0 Å². The van der Waals surface area contributed by atoms with Crippen LogP contribution in [0.5, 0.6) is 0 Å². The first kappa shape index (κ1) is 17.0. The molecule has 0 saturated carbocycles. The van der Waals surface area contributed by atoms with Crippen molar-refractivity contribution in [2.24, 2.45) is 0 Å². The third kappa shape index (κ3) is 5.12. The fourth-order valence-corrected chi connectivity index (χ4v) is 2.26. The molecule has 1 heterocycles. The molecular formula is C15H23ClN2O2. The summed E-state index contributed by atoms with van der Waals surface area (Å²) in [6.45, 7) is 8.37. The Hall–Kier alpha value is -1.10. The predicted molar refractivity (Wildman–Crippen MR) is 82.3 cm³/mol. The molecule has 1 aliphatic rings. The Balaban J connectivity index is 0.00000200. The second kappa shape index (κ2) is 8.25. The average molecular weight is 299 g/mol. The van der Waals surface area contributed by atoms with Gasteiger partial charge in [0.1, 0.15) is 0 Å². The summed E-state index contributed by atoms with van der Waals surface area (Å²) < 4.78 is 5.26. The van der Waals surface area contributed by atoms with Gasteiger partial charge in [0.25, 0.3) is 0 Å². The lowest BCUT2D eigenvalue weighted by Gasteiger charge is -2.25. The van der Waals surface area contributed by atoms with Crippen molar-refractivity contribution in [1.29, 1.82) is 0 Å². The summed E-state index contributed by atoms with van der Waals surface area (Å²) in [5.74, 6) is 0.0851. The largest absolute Gasteiger partial charge is 0.379 e. The zero-order valence-electron chi connectivity index (χ0n) is 12.1. The lowest BCUT2D eigenvalue weighted by molar-refractivity contribution is -0.123. The van der Waals surface area contributed by atoms with Crippen molar-refractivity contribution in [2.75, 3.05) is 32.8 Å². The van der Waals surface area contributed by atoms with Crippen LogP contribution in [0, 0.1) is 13.8 Å². The summed E-state index contributed by atoms with van der Waals surface area (Å²) in [4.78, 5) is 14.0. The molecule has 4 nitrogen and oxygen atoms in total. The monoisotopic (exact) mass is 298 g/mol. The van der Waals surface area contributed by atoms with Crippen molar-refractivity contribution < 1.29 is 9.53 Å². The van der Waals surface area contributed by atoms with Gasteiger partial charge in [-0.05, 0) is 25.0 Å². The number of nitrogens with one attached hydrogen (secondary N) is 1. The van der Waals surface area contributed by atoms with Gasteiger partial charge in [-0.15, -0.1) is 12.4 Å². The zero-order chi connectivity index (χ0) is 13.7. The molecule has 1 saturated heterocycles. The van der Waals surface area contributed by atoms with E-state index in [4.69, 9.17) is 4.74 Å². The number of morpholine rings is 1. The number of rotatable bonds is 4. The molecule has 1 aliphatic heterocycles. The van der Waals surface area contributed by atoms with E-state index in [-0.39, 0.29) is 18.3 Å². The lowest BCUT2D eigenvalue weighted by Crippen LogP contribution is -2.43. The second-order valence-corrected chi connectivity index (χ2v) is 5.10. The zero-order valence-corrected chi connectivity index (χ0v) is 13.0. The maximum atomic E-state index is 11.9. The first-order valence-corrected chi connectivity index (χ1v) is 6.78. The van der Waals surface area contributed by atoms with E-state index in [0.717, 1.165) is 26.3 Å². The molecule has 1 N–H and O–H groups in total. The molecule has 112 valence electrons. The molecule has 0 aliphatic carbocycles. The number of carbonyl (C=O) groups excluding carboxylic acids is 1. The van der Waals surface area contributed by atoms with Gasteiger partial charge in [-0.25, -0.2) is 0 Å². The van der Waals surface area contributed by atoms with E-state index in [1.165, 1.54) is 16.7 Å². The highest BCUT2D eigenvalue weighted by atomic mass is 35.5. The summed E-state index contributed by atoms with van der Waals surface area (Å²) >= 11 is 0. The number of benzene rings is 1. The molecule has 2 rings (SSSR count).